The SMILES string of the molecule is COC=C1CN(C(=O)OC(C)(C)C)CCC1=O. The molecule has 1 aliphatic heterocycles. The van der Waals surface area contributed by atoms with Crippen LogP contribution in [0.1, 0.15) is 27.2 Å². The molecule has 0 aromatic rings. The van der Waals surface area contributed by atoms with Gasteiger partial charge in [0.25, 0.3) is 0 Å². The van der Waals surface area contributed by atoms with Gasteiger partial charge in [-0.25, -0.2) is 4.79 Å². The third kappa shape index (κ3) is 4.09. The summed E-state index contributed by atoms with van der Waals surface area (Å²) in [4.78, 5) is 24.8. The Labute approximate surface area is 101 Å². The minimum absolute atomic E-state index is 0.0201. The molecule has 1 aliphatic rings. The molecule has 1 fully saturated rings. The van der Waals surface area contributed by atoms with Gasteiger partial charge in [0, 0.05) is 18.5 Å². The normalized spacial score (nSPS) is 19.4. The summed E-state index contributed by atoms with van der Waals surface area (Å²) in [6, 6.07) is 0. The molecule has 0 aromatic heterocycles. The van der Waals surface area contributed by atoms with Crippen LogP contribution in [0.5, 0.6) is 0 Å². The Kier molecular flexibility index (Phi) is 4.15. The molecule has 0 spiro atoms. The van der Waals surface area contributed by atoms with Crippen molar-refractivity contribution >= 4 is 11.9 Å². The quantitative estimate of drug-likeness (QED) is 0.518. The summed E-state index contributed by atoms with van der Waals surface area (Å²) in [5.74, 6) is 0.0201. The molecule has 0 bridgehead atoms. The molecule has 0 unspecified atom stereocenters. The van der Waals surface area contributed by atoms with Crippen molar-refractivity contribution in [3.63, 3.8) is 0 Å². The maximum Gasteiger partial charge on any atom is 0.410 e. The zero-order valence-electron chi connectivity index (χ0n) is 10.8. The zero-order valence-corrected chi connectivity index (χ0v) is 10.8. The van der Waals surface area contributed by atoms with E-state index in [1.165, 1.54) is 18.3 Å². The van der Waals surface area contributed by atoms with Gasteiger partial charge in [-0.1, -0.05) is 0 Å². The van der Waals surface area contributed by atoms with Crippen molar-refractivity contribution in [2.24, 2.45) is 0 Å². The summed E-state index contributed by atoms with van der Waals surface area (Å²) in [7, 11) is 1.48. The van der Waals surface area contributed by atoms with Crippen LogP contribution in [0, 0.1) is 0 Å². The van der Waals surface area contributed by atoms with E-state index < -0.39 is 11.7 Å². The number of ether oxygens (including phenoxy) is 2. The van der Waals surface area contributed by atoms with Crippen LogP contribution in [0.25, 0.3) is 0 Å². The maximum atomic E-state index is 11.8. The molecule has 0 radical (unpaired) electrons. The number of piperidine rings is 1. The first-order valence-corrected chi connectivity index (χ1v) is 5.56. The predicted octanol–water partition coefficient (Wildman–Crippen LogP) is 1.73. The van der Waals surface area contributed by atoms with E-state index >= 15 is 0 Å². The number of rotatable bonds is 1. The molecule has 0 aliphatic carbocycles. The average Bonchev–Trinajstić information content (AvgIpc) is 2.19. The smallest absolute Gasteiger partial charge is 0.410 e. The fraction of sp³-hybridized carbons (Fsp3) is 0.667. The standard InChI is InChI=1S/C12H19NO4/c1-12(2,3)17-11(15)13-6-5-10(14)9(7-13)8-16-4/h8H,5-7H2,1-4H3. The molecule has 5 heteroatoms. The lowest BCUT2D eigenvalue weighted by molar-refractivity contribution is -0.117. The van der Waals surface area contributed by atoms with E-state index in [0.29, 0.717) is 18.5 Å². The molecule has 1 saturated heterocycles. The molecule has 1 rings (SSSR count). The summed E-state index contributed by atoms with van der Waals surface area (Å²) in [6.07, 6.45) is 1.31. The summed E-state index contributed by atoms with van der Waals surface area (Å²) in [6.45, 7) is 6.08. The topological polar surface area (TPSA) is 55.8 Å². The van der Waals surface area contributed by atoms with Crippen LogP contribution in [0.2, 0.25) is 0 Å². The van der Waals surface area contributed by atoms with Crippen LogP contribution in [0.15, 0.2) is 11.8 Å². The van der Waals surface area contributed by atoms with E-state index in [0.717, 1.165) is 0 Å². The summed E-state index contributed by atoms with van der Waals surface area (Å²) >= 11 is 0. The van der Waals surface area contributed by atoms with Gasteiger partial charge in [0.1, 0.15) is 5.60 Å². The average molecular weight is 241 g/mol. The number of hydrogen-bond donors (Lipinski definition) is 0. The van der Waals surface area contributed by atoms with Gasteiger partial charge in [0.15, 0.2) is 5.78 Å². The number of nitrogens with zero attached hydrogens (tertiary/aromatic N) is 1. The van der Waals surface area contributed by atoms with Gasteiger partial charge in [-0.15, -0.1) is 0 Å². The summed E-state index contributed by atoms with van der Waals surface area (Å²) in [5.41, 5.74) is -0.0199. The second-order valence-corrected chi connectivity index (χ2v) is 4.95. The van der Waals surface area contributed by atoms with Crippen molar-refractivity contribution in [2.45, 2.75) is 32.8 Å². The van der Waals surface area contributed by atoms with E-state index in [1.54, 1.807) is 0 Å². The predicted molar refractivity (Wildman–Crippen MR) is 62.5 cm³/mol. The number of Topliss-reactive ketones (excluding diaryl/α,β-unsaturated/α-hetero) is 1. The third-order valence-electron chi connectivity index (χ3n) is 2.24. The molecule has 17 heavy (non-hydrogen) atoms. The van der Waals surface area contributed by atoms with Crippen molar-refractivity contribution in [2.75, 3.05) is 20.2 Å². The lowest BCUT2D eigenvalue weighted by Gasteiger charge is -2.30. The number of methoxy groups -OCH3 is 1. The van der Waals surface area contributed by atoms with Gasteiger partial charge in [-0.2, -0.15) is 0 Å². The van der Waals surface area contributed by atoms with Gasteiger partial charge >= 0.3 is 6.09 Å². The van der Waals surface area contributed by atoms with Crippen LogP contribution in [-0.4, -0.2) is 42.6 Å². The van der Waals surface area contributed by atoms with E-state index in [2.05, 4.69) is 0 Å². The Morgan fingerprint density at radius 2 is 2.06 bits per heavy atom. The minimum atomic E-state index is -0.524. The highest BCUT2D eigenvalue weighted by Crippen LogP contribution is 2.16. The molecule has 0 aromatic carbocycles. The monoisotopic (exact) mass is 241 g/mol. The highest BCUT2D eigenvalue weighted by atomic mass is 16.6. The number of likely N-dealkylation sites (tertiary alicyclic amines) is 1. The molecule has 0 atom stereocenters. The molecule has 0 saturated carbocycles. The van der Waals surface area contributed by atoms with Crippen LogP contribution in [0.4, 0.5) is 4.79 Å². The van der Waals surface area contributed by atoms with Crippen molar-refractivity contribution in [1.29, 1.82) is 0 Å². The Morgan fingerprint density at radius 1 is 1.41 bits per heavy atom. The van der Waals surface area contributed by atoms with E-state index in [1.807, 2.05) is 20.8 Å². The van der Waals surface area contributed by atoms with Gasteiger partial charge < -0.3 is 14.4 Å². The van der Waals surface area contributed by atoms with Crippen molar-refractivity contribution in [3.05, 3.63) is 11.8 Å². The molecular weight excluding hydrogens is 222 g/mol. The largest absolute Gasteiger partial charge is 0.504 e. The highest BCUT2D eigenvalue weighted by molar-refractivity contribution is 5.97. The number of ketones is 1. The lowest BCUT2D eigenvalue weighted by Crippen LogP contribution is -2.43. The summed E-state index contributed by atoms with van der Waals surface area (Å²) < 4.78 is 10.1. The Balaban J connectivity index is 2.65. The Hall–Kier alpha value is -1.52. The van der Waals surface area contributed by atoms with Crippen LogP contribution < -0.4 is 0 Å². The van der Waals surface area contributed by atoms with Gasteiger partial charge in [-0.05, 0) is 20.8 Å². The zero-order chi connectivity index (χ0) is 13.1. The molecule has 1 amide bonds. The minimum Gasteiger partial charge on any atom is -0.504 e. The Morgan fingerprint density at radius 3 is 2.59 bits per heavy atom. The summed E-state index contributed by atoms with van der Waals surface area (Å²) in [5, 5.41) is 0. The first-order chi connectivity index (χ1) is 7.83. The first-order valence-electron chi connectivity index (χ1n) is 5.56. The van der Waals surface area contributed by atoms with Gasteiger partial charge in [0.2, 0.25) is 0 Å². The van der Waals surface area contributed by atoms with Crippen molar-refractivity contribution < 1.29 is 19.1 Å². The lowest BCUT2D eigenvalue weighted by atomic mass is 10.1. The van der Waals surface area contributed by atoms with Gasteiger partial charge in [0.05, 0.1) is 19.9 Å². The van der Waals surface area contributed by atoms with Gasteiger partial charge in [-0.3, -0.25) is 4.79 Å². The number of carbonyl (C=O) groups excluding carboxylic acids is 2. The van der Waals surface area contributed by atoms with Crippen LogP contribution in [0.3, 0.4) is 0 Å². The van der Waals surface area contributed by atoms with Crippen molar-refractivity contribution in [1.82, 2.24) is 4.90 Å². The fourth-order valence-electron chi connectivity index (χ4n) is 1.50. The second-order valence-electron chi connectivity index (χ2n) is 4.95. The second kappa shape index (κ2) is 5.21. The number of amides is 1. The molecular formula is C12H19NO4. The van der Waals surface area contributed by atoms with Crippen LogP contribution >= 0.6 is 0 Å². The van der Waals surface area contributed by atoms with Crippen molar-refractivity contribution in [3.8, 4) is 0 Å². The Bertz CT molecular complexity index is 341. The number of hydrogen-bond acceptors (Lipinski definition) is 4. The maximum absolute atomic E-state index is 11.8. The first kappa shape index (κ1) is 13.5. The fourth-order valence-corrected chi connectivity index (χ4v) is 1.50. The molecule has 1 heterocycles. The molecule has 96 valence electrons. The van der Waals surface area contributed by atoms with E-state index in [4.69, 9.17) is 9.47 Å². The molecule has 5 nitrogen and oxygen atoms in total. The number of carbonyl (C=O) groups is 2. The van der Waals surface area contributed by atoms with E-state index in [-0.39, 0.29) is 12.3 Å². The third-order valence-corrected chi connectivity index (χ3v) is 2.24. The van der Waals surface area contributed by atoms with Crippen LogP contribution in [-0.2, 0) is 14.3 Å². The highest BCUT2D eigenvalue weighted by Gasteiger charge is 2.28. The molecule has 0 N–H and O–H groups in total. The van der Waals surface area contributed by atoms with E-state index in [9.17, 15) is 9.59 Å².